The highest BCUT2D eigenvalue weighted by molar-refractivity contribution is 6.67. The maximum atomic E-state index is 11.8. The van der Waals surface area contributed by atoms with Gasteiger partial charge in [-0.05, 0) is 12.1 Å². The molecule has 10 heteroatoms. The van der Waals surface area contributed by atoms with Crippen molar-refractivity contribution >= 4 is 52.3 Å². The van der Waals surface area contributed by atoms with Crippen LogP contribution in [0, 0.1) is 0 Å². The van der Waals surface area contributed by atoms with Gasteiger partial charge in [-0.3, -0.25) is 5.32 Å². The number of alkyl halides is 3. The average molecular weight is 420 g/mol. The van der Waals surface area contributed by atoms with E-state index < -0.39 is 9.89 Å². The van der Waals surface area contributed by atoms with Gasteiger partial charge in [0.1, 0.15) is 24.3 Å². The second-order valence-electron chi connectivity index (χ2n) is 5.68. The minimum atomic E-state index is -1.67. The van der Waals surface area contributed by atoms with Crippen LogP contribution >= 0.6 is 34.8 Å². The van der Waals surface area contributed by atoms with E-state index in [0.29, 0.717) is 11.4 Å². The zero-order chi connectivity index (χ0) is 18.6. The third kappa shape index (κ3) is 5.17. The van der Waals surface area contributed by atoms with Crippen molar-refractivity contribution in [1.29, 1.82) is 0 Å². The van der Waals surface area contributed by atoms with Crippen LogP contribution in [0.1, 0.15) is 0 Å². The molecule has 1 aromatic heterocycles. The predicted octanol–water partition coefficient (Wildman–Crippen LogP) is 3.67. The second-order valence-corrected chi connectivity index (χ2v) is 8.19. The summed E-state index contributed by atoms with van der Waals surface area (Å²) in [7, 11) is 0. The van der Waals surface area contributed by atoms with Crippen LogP contribution in [0.15, 0.2) is 35.1 Å². The largest absolute Gasteiger partial charge is 0.445 e. The third-order valence-electron chi connectivity index (χ3n) is 3.80. The fraction of sp³-hybridized carbons (Fsp3) is 0.375. The van der Waals surface area contributed by atoms with Gasteiger partial charge in [0.25, 0.3) is 0 Å². The van der Waals surface area contributed by atoms with Crippen LogP contribution < -0.4 is 15.5 Å². The molecule has 0 aliphatic carbocycles. The van der Waals surface area contributed by atoms with Crippen molar-refractivity contribution in [2.75, 3.05) is 43.0 Å². The molecule has 0 atom stereocenters. The Morgan fingerprint density at radius 2 is 1.96 bits per heavy atom. The smallest absolute Gasteiger partial charge is 0.411 e. The van der Waals surface area contributed by atoms with E-state index in [0.717, 1.165) is 37.4 Å². The van der Waals surface area contributed by atoms with Crippen LogP contribution in [0.2, 0.25) is 0 Å². The topological polar surface area (TPSA) is 79.6 Å². The van der Waals surface area contributed by atoms with Crippen LogP contribution in [0.25, 0.3) is 11.3 Å². The number of nitrogens with zero attached hydrogens (tertiary/aromatic N) is 2. The summed E-state index contributed by atoms with van der Waals surface area (Å²) in [6, 6.07) is 7.88. The predicted molar refractivity (Wildman–Crippen MR) is 102 cm³/mol. The molecule has 1 aromatic carbocycles. The molecule has 1 aliphatic rings. The molecule has 1 amide bonds. The lowest BCUT2D eigenvalue weighted by Crippen LogP contribution is -2.43. The van der Waals surface area contributed by atoms with Gasteiger partial charge in [-0.2, -0.15) is 0 Å². The van der Waals surface area contributed by atoms with Gasteiger partial charge in [-0.25, -0.2) is 4.79 Å². The lowest BCUT2D eigenvalue weighted by atomic mass is 10.1. The van der Waals surface area contributed by atoms with Crippen molar-refractivity contribution < 1.29 is 14.1 Å². The molecular weight excluding hydrogens is 403 g/mol. The molecule has 26 heavy (non-hydrogen) atoms. The highest BCUT2D eigenvalue weighted by atomic mass is 35.6. The summed E-state index contributed by atoms with van der Waals surface area (Å²) < 4.78 is 8.14. The number of nitrogens with one attached hydrogen (secondary N) is 2. The fourth-order valence-electron chi connectivity index (χ4n) is 2.58. The van der Waals surface area contributed by atoms with Crippen LogP contribution in [0.3, 0.4) is 0 Å². The average Bonchev–Trinajstić information content (AvgIpc) is 3.08. The lowest BCUT2D eigenvalue weighted by molar-refractivity contribution is 0.164. The number of carbonyl (C=O) groups is 1. The number of halogens is 3. The zero-order valence-corrected chi connectivity index (χ0v) is 15.9. The van der Waals surface area contributed by atoms with E-state index >= 15 is 0 Å². The number of piperazine rings is 1. The Balaban J connectivity index is 1.67. The quantitative estimate of drug-likeness (QED) is 0.736. The van der Waals surface area contributed by atoms with Crippen molar-refractivity contribution in [3.05, 3.63) is 30.5 Å². The number of carbonyl (C=O) groups excluding carboxylic acids is 1. The molecule has 7 nitrogen and oxygen atoms in total. The molecule has 2 aromatic rings. The first-order valence-electron chi connectivity index (χ1n) is 7.93. The maximum Gasteiger partial charge on any atom is 0.411 e. The molecule has 0 radical (unpaired) electrons. The Bertz CT molecular complexity index is 740. The normalized spacial score (nSPS) is 15.0. The molecule has 3 rings (SSSR count). The van der Waals surface area contributed by atoms with Crippen molar-refractivity contribution in [2.45, 2.75) is 3.79 Å². The number of hydrogen-bond acceptors (Lipinski definition) is 6. The SMILES string of the molecule is O=C(Nc1conc1-c1ccc(N2CCNCC2)cc1)OCC(Cl)(Cl)Cl. The maximum absolute atomic E-state index is 11.8. The molecule has 0 bridgehead atoms. The number of aromatic nitrogens is 1. The molecule has 1 fully saturated rings. The molecule has 140 valence electrons. The molecule has 2 heterocycles. The minimum absolute atomic E-state index is 0.370. The van der Waals surface area contributed by atoms with E-state index in [-0.39, 0.29) is 6.61 Å². The van der Waals surface area contributed by atoms with Crippen LogP contribution in [0.5, 0.6) is 0 Å². The summed E-state index contributed by atoms with van der Waals surface area (Å²) in [5.41, 5.74) is 2.79. The monoisotopic (exact) mass is 418 g/mol. The summed E-state index contributed by atoms with van der Waals surface area (Å²) >= 11 is 16.7. The molecule has 1 saturated heterocycles. The Kier molecular flexibility index (Phi) is 6.13. The van der Waals surface area contributed by atoms with Gasteiger partial charge < -0.3 is 19.5 Å². The minimum Gasteiger partial charge on any atom is -0.445 e. The molecule has 0 unspecified atom stereocenters. The summed E-state index contributed by atoms with van der Waals surface area (Å²) in [5.74, 6) is 0. The number of benzene rings is 1. The van der Waals surface area contributed by atoms with Crippen LogP contribution in [-0.2, 0) is 4.74 Å². The second kappa shape index (κ2) is 8.35. The van der Waals surface area contributed by atoms with Gasteiger partial charge in [0, 0.05) is 37.4 Å². The van der Waals surface area contributed by atoms with E-state index in [4.69, 9.17) is 44.1 Å². The molecular formula is C16H17Cl3N4O3. The standard InChI is InChI=1S/C16H17Cl3N4O3/c17-16(18,19)10-25-15(24)21-13-9-26-22-14(13)11-1-3-12(4-2-11)23-7-5-20-6-8-23/h1-4,9,20H,5-8,10H2,(H,21,24). The highest BCUT2D eigenvalue weighted by Crippen LogP contribution is 2.29. The van der Waals surface area contributed by atoms with E-state index in [1.807, 2.05) is 24.3 Å². The Labute approximate surface area is 165 Å². The zero-order valence-electron chi connectivity index (χ0n) is 13.7. The van der Waals surface area contributed by atoms with E-state index in [1.54, 1.807) is 0 Å². The Morgan fingerprint density at radius 1 is 1.27 bits per heavy atom. The van der Waals surface area contributed by atoms with E-state index in [1.165, 1.54) is 6.26 Å². The molecule has 2 N–H and O–H groups in total. The first kappa shape index (κ1) is 19.1. The molecule has 0 saturated carbocycles. The van der Waals surface area contributed by atoms with Crippen molar-refractivity contribution in [3.8, 4) is 11.3 Å². The summed E-state index contributed by atoms with van der Waals surface area (Å²) in [6.45, 7) is 3.49. The van der Waals surface area contributed by atoms with E-state index in [9.17, 15) is 4.79 Å². The Hall–Kier alpha value is -1.67. The first-order valence-corrected chi connectivity index (χ1v) is 9.07. The number of anilines is 2. The highest BCUT2D eigenvalue weighted by Gasteiger charge is 2.23. The van der Waals surface area contributed by atoms with Crippen molar-refractivity contribution in [3.63, 3.8) is 0 Å². The van der Waals surface area contributed by atoms with Gasteiger partial charge in [0.15, 0.2) is 0 Å². The molecule has 0 spiro atoms. The lowest BCUT2D eigenvalue weighted by Gasteiger charge is -2.29. The van der Waals surface area contributed by atoms with Gasteiger partial charge in [0.2, 0.25) is 3.79 Å². The van der Waals surface area contributed by atoms with Gasteiger partial charge in [-0.15, -0.1) is 0 Å². The summed E-state index contributed by atoms with van der Waals surface area (Å²) in [5, 5.41) is 9.79. The first-order chi connectivity index (χ1) is 12.4. The number of rotatable bonds is 4. The summed E-state index contributed by atoms with van der Waals surface area (Å²) in [6.07, 6.45) is 0.550. The van der Waals surface area contributed by atoms with Gasteiger partial charge in [-0.1, -0.05) is 52.1 Å². The molecule has 1 aliphatic heterocycles. The van der Waals surface area contributed by atoms with Gasteiger partial charge in [0.05, 0.1) is 0 Å². The van der Waals surface area contributed by atoms with Crippen LogP contribution in [-0.4, -0.2) is 47.8 Å². The fourth-order valence-corrected chi connectivity index (χ4v) is 2.74. The Morgan fingerprint density at radius 3 is 2.62 bits per heavy atom. The number of hydrogen-bond donors (Lipinski definition) is 2. The third-order valence-corrected chi connectivity index (χ3v) is 4.12. The number of ether oxygens (including phenoxy) is 1. The van der Waals surface area contributed by atoms with E-state index in [2.05, 4.69) is 20.7 Å². The summed E-state index contributed by atoms with van der Waals surface area (Å²) in [4.78, 5) is 14.1. The van der Waals surface area contributed by atoms with Gasteiger partial charge >= 0.3 is 6.09 Å². The van der Waals surface area contributed by atoms with Crippen LogP contribution in [0.4, 0.5) is 16.2 Å². The number of amides is 1. The van der Waals surface area contributed by atoms with Crippen molar-refractivity contribution in [2.24, 2.45) is 0 Å². The van der Waals surface area contributed by atoms with Crippen molar-refractivity contribution in [1.82, 2.24) is 10.5 Å².